The van der Waals surface area contributed by atoms with E-state index < -0.39 is 0 Å². The Kier molecular flexibility index (Phi) is 2.32. The number of fused-ring (bicyclic) bond motifs is 2. The minimum absolute atomic E-state index is 0.401. The van der Waals surface area contributed by atoms with Crippen LogP contribution in [0, 0.1) is 28.1 Å². The first-order chi connectivity index (χ1) is 7.88. The maximum Gasteiger partial charge on any atom is 0.0635 e. The number of rotatable bonds is 1. The van der Waals surface area contributed by atoms with Crippen molar-refractivity contribution in [2.75, 3.05) is 7.11 Å². The summed E-state index contributed by atoms with van der Waals surface area (Å²) in [4.78, 5) is 0. The zero-order chi connectivity index (χ0) is 12.5. The summed E-state index contributed by atoms with van der Waals surface area (Å²) in [7, 11) is 1.93. The lowest BCUT2D eigenvalue weighted by atomic mass is 9.38. The molecule has 0 heterocycles. The third kappa shape index (κ3) is 1.15. The Hall–Kier alpha value is -0.0400. The van der Waals surface area contributed by atoms with Crippen molar-refractivity contribution in [3.8, 4) is 0 Å². The molecule has 4 fully saturated rings. The van der Waals surface area contributed by atoms with Gasteiger partial charge >= 0.3 is 0 Å². The van der Waals surface area contributed by atoms with Crippen LogP contribution in [0.25, 0.3) is 0 Å². The molecule has 0 aliphatic heterocycles. The van der Waals surface area contributed by atoms with Crippen molar-refractivity contribution >= 4 is 0 Å². The van der Waals surface area contributed by atoms with Crippen molar-refractivity contribution in [2.24, 2.45) is 28.1 Å². The van der Waals surface area contributed by atoms with Crippen LogP contribution >= 0.6 is 0 Å². The van der Waals surface area contributed by atoms with Gasteiger partial charge in [0.15, 0.2) is 0 Å². The van der Waals surface area contributed by atoms with E-state index in [0.29, 0.717) is 22.3 Å². The van der Waals surface area contributed by atoms with Gasteiger partial charge in [-0.2, -0.15) is 0 Å². The van der Waals surface area contributed by atoms with E-state index in [1.165, 1.54) is 32.1 Å². The number of hydrogen-bond acceptors (Lipinski definition) is 1. The molecule has 1 nitrogen and oxygen atoms in total. The molecule has 0 saturated heterocycles. The van der Waals surface area contributed by atoms with Gasteiger partial charge in [-0.05, 0) is 60.2 Å². The van der Waals surface area contributed by atoms with E-state index in [1.807, 2.05) is 7.11 Å². The third-order valence-electron chi connectivity index (χ3n) is 7.58. The molecular formula is C16H28O. The molecule has 1 heteroatoms. The molecule has 1 spiro atoms. The summed E-state index contributed by atoms with van der Waals surface area (Å²) < 4.78 is 5.92. The highest BCUT2D eigenvalue weighted by atomic mass is 16.5. The van der Waals surface area contributed by atoms with Crippen molar-refractivity contribution in [3.63, 3.8) is 0 Å². The summed E-state index contributed by atoms with van der Waals surface area (Å²) in [5.74, 6) is 1.85. The Morgan fingerprint density at radius 3 is 2.41 bits per heavy atom. The average molecular weight is 236 g/mol. The van der Waals surface area contributed by atoms with Gasteiger partial charge in [-0.15, -0.1) is 0 Å². The Morgan fingerprint density at radius 2 is 1.76 bits per heavy atom. The molecule has 0 aromatic heterocycles. The lowest BCUT2D eigenvalue weighted by Gasteiger charge is -2.68. The van der Waals surface area contributed by atoms with Crippen LogP contribution in [0.15, 0.2) is 0 Å². The molecular weight excluding hydrogens is 208 g/mol. The van der Waals surface area contributed by atoms with Gasteiger partial charge in [0.1, 0.15) is 0 Å². The molecule has 17 heavy (non-hydrogen) atoms. The Bertz CT molecular complexity index is 334. The highest BCUT2D eigenvalue weighted by molar-refractivity contribution is 5.18. The van der Waals surface area contributed by atoms with Crippen molar-refractivity contribution < 1.29 is 4.74 Å². The SMILES string of the molecule is COC1C[C@@]23CC[C@]1(C)C(C)(C)[C@H]2CC[C@H]3C. The first-order valence-corrected chi connectivity index (χ1v) is 7.41. The normalized spacial score (nSPS) is 55.9. The van der Waals surface area contributed by atoms with Crippen LogP contribution in [0.4, 0.5) is 0 Å². The first-order valence-electron chi connectivity index (χ1n) is 7.41. The maximum atomic E-state index is 5.92. The number of ether oxygens (including phenoxy) is 1. The standard InChI is InChI=1S/C16H28O/c1-11-6-7-12-14(2,3)15(4)8-9-16(11,12)10-13(15)17-5/h11-13H,6-10H2,1-5H3/t11-,12-,13?,15+,16-/m1/s1. The molecule has 1 unspecified atom stereocenters. The molecule has 0 aromatic carbocycles. The molecule has 4 aliphatic rings. The minimum atomic E-state index is 0.401. The largest absolute Gasteiger partial charge is 0.381 e. The lowest BCUT2D eigenvalue weighted by molar-refractivity contribution is -0.231. The highest BCUT2D eigenvalue weighted by Gasteiger charge is 2.68. The molecule has 4 rings (SSSR count). The van der Waals surface area contributed by atoms with Gasteiger partial charge in [0.25, 0.3) is 0 Å². The van der Waals surface area contributed by atoms with Crippen LogP contribution in [0.2, 0.25) is 0 Å². The Balaban J connectivity index is 2.10. The van der Waals surface area contributed by atoms with Gasteiger partial charge in [-0.25, -0.2) is 0 Å². The molecule has 4 saturated carbocycles. The fourth-order valence-corrected chi connectivity index (χ4v) is 5.98. The second kappa shape index (κ2) is 3.29. The van der Waals surface area contributed by atoms with Crippen molar-refractivity contribution in [2.45, 2.75) is 65.9 Å². The van der Waals surface area contributed by atoms with E-state index in [9.17, 15) is 0 Å². The first kappa shape index (κ1) is 12.0. The second-order valence-corrected chi connectivity index (χ2v) is 7.83. The topological polar surface area (TPSA) is 9.23 Å². The summed E-state index contributed by atoms with van der Waals surface area (Å²) in [6, 6.07) is 0. The van der Waals surface area contributed by atoms with Crippen molar-refractivity contribution in [3.05, 3.63) is 0 Å². The van der Waals surface area contributed by atoms with Gasteiger partial charge in [0, 0.05) is 7.11 Å². The van der Waals surface area contributed by atoms with Crippen molar-refractivity contribution in [1.29, 1.82) is 0 Å². The predicted molar refractivity (Wildman–Crippen MR) is 70.9 cm³/mol. The predicted octanol–water partition coefficient (Wildman–Crippen LogP) is 4.26. The van der Waals surface area contributed by atoms with Crippen LogP contribution in [-0.2, 0) is 4.74 Å². The smallest absolute Gasteiger partial charge is 0.0635 e. The molecule has 98 valence electrons. The fraction of sp³-hybridized carbons (Fsp3) is 1.00. The zero-order valence-corrected chi connectivity index (χ0v) is 12.2. The van der Waals surface area contributed by atoms with Crippen LogP contribution < -0.4 is 0 Å². The third-order valence-corrected chi connectivity index (χ3v) is 7.58. The van der Waals surface area contributed by atoms with Crippen LogP contribution in [-0.4, -0.2) is 13.2 Å². The quantitative estimate of drug-likeness (QED) is 0.661. The Labute approximate surface area is 106 Å². The molecule has 0 N–H and O–H groups in total. The molecule has 2 bridgehead atoms. The van der Waals surface area contributed by atoms with E-state index in [1.54, 1.807) is 0 Å². The fourth-order valence-electron chi connectivity index (χ4n) is 5.98. The van der Waals surface area contributed by atoms with E-state index in [-0.39, 0.29) is 0 Å². The second-order valence-electron chi connectivity index (χ2n) is 7.83. The average Bonchev–Trinajstić information content (AvgIpc) is 2.60. The molecule has 0 amide bonds. The summed E-state index contributed by atoms with van der Waals surface area (Å²) >= 11 is 0. The van der Waals surface area contributed by atoms with Gasteiger partial charge in [-0.3, -0.25) is 0 Å². The molecule has 0 radical (unpaired) electrons. The number of methoxy groups -OCH3 is 1. The van der Waals surface area contributed by atoms with Gasteiger partial charge in [0.2, 0.25) is 0 Å². The van der Waals surface area contributed by atoms with Gasteiger partial charge in [-0.1, -0.05) is 27.7 Å². The summed E-state index contributed by atoms with van der Waals surface area (Å²) in [6.07, 6.45) is 7.55. The molecule has 5 atom stereocenters. The lowest BCUT2D eigenvalue weighted by Crippen LogP contribution is -2.64. The number of hydrogen-bond donors (Lipinski definition) is 0. The van der Waals surface area contributed by atoms with E-state index in [2.05, 4.69) is 27.7 Å². The van der Waals surface area contributed by atoms with Gasteiger partial charge < -0.3 is 4.74 Å². The van der Waals surface area contributed by atoms with Crippen molar-refractivity contribution in [1.82, 2.24) is 0 Å². The highest BCUT2D eigenvalue weighted by Crippen LogP contribution is 2.74. The summed E-state index contributed by atoms with van der Waals surface area (Å²) in [6.45, 7) is 10.0. The van der Waals surface area contributed by atoms with E-state index in [0.717, 1.165) is 11.8 Å². The monoisotopic (exact) mass is 236 g/mol. The van der Waals surface area contributed by atoms with Crippen LogP contribution in [0.1, 0.15) is 59.8 Å². The molecule has 0 aromatic rings. The minimum Gasteiger partial charge on any atom is -0.381 e. The van der Waals surface area contributed by atoms with Crippen LogP contribution in [0.3, 0.4) is 0 Å². The summed E-state index contributed by atoms with van der Waals surface area (Å²) in [5, 5.41) is 0. The van der Waals surface area contributed by atoms with Crippen LogP contribution in [0.5, 0.6) is 0 Å². The van der Waals surface area contributed by atoms with E-state index in [4.69, 9.17) is 4.74 Å². The maximum absolute atomic E-state index is 5.92. The van der Waals surface area contributed by atoms with Gasteiger partial charge in [0.05, 0.1) is 6.10 Å². The van der Waals surface area contributed by atoms with E-state index >= 15 is 0 Å². The Morgan fingerprint density at radius 1 is 1.06 bits per heavy atom. The molecule has 4 aliphatic carbocycles. The summed E-state index contributed by atoms with van der Waals surface area (Å²) in [5.41, 5.74) is 1.47. The zero-order valence-electron chi connectivity index (χ0n) is 12.2.